The third-order valence-corrected chi connectivity index (χ3v) is 10.1. The number of amides is 1. The lowest BCUT2D eigenvalue weighted by Crippen LogP contribution is -2.46. The van der Waals surface area contributed by atoms with Gasteiger partial charge in [-0.15, -0.1) is 0 Å². The first-order valence-electron chi connectivity index (χ1n) is 23.4. The highest BCUT2D eigenvalue weighted by Crippen LogP contribution is 2.16. The summed E-state index contributed by atoms with van der Waals surface area (Å²) in [7, 11) is 0. The average molecular weight is 794 g/mol. The van der Waals surface area contributed by atoms with Crippen molar-refractivity contribution in [3.63, 3.8) is 0 Å². The Labute approximate surface area is 351 Å². The number of unbranched alkanes of at least 4 members (excludes halogenated alkanes) is 19. The molecule has 6 nitrogen and oxygen atoms in total. The van der Waals surface area contributed by atoms with E-state index in [4.69, 9.17) is 4.74 Å². The second-order valence-corrected chi connectivity index (χ2v) is 15.5. The molecule has 1 amide bonds. The Morgan fingerprint density at radius 3 is 1.61 bits per heavy atom. The number of aliphatic hydroxyl groups is 2. The molecule has 0 fully saturated rings. The van der Waals surface area contributed by atoms with Gasteiger partial charge >= 0.3 is 5.97 Å². The minimum atomic E-state index is -0.821. The van der Waals surface area contributed by atoms with E-state index in [-0.39, 0.29) is 24.9 Å². The maximum Gasteiger partial charge on any atom is 0.306 e. The summed E-state index contributed by atoms with van der Waals surface area (Å²) in [5.74, 6) is -0.624. The van der Waals surface area contributed by atoms with Crippen molar-refractivity contribution < 1.29 is 24.5 Å². The molecular weight excluding hydrogens is 707 g/mol. The second-order valence-electron chi connectivity index (χ2n) is 15.5. The highest BCUT2D eigenvalue weighted by atomic mass is 16.5. The molecule has 0 heterocycles. The van der Waals surface area contributed by atoms with Crippen molar-refractivity contribution in [2.75, 3.05) is 6.61 Å². The van der Waals surface area contributed by atoms with Crippen molar-refractivity contribution in [3.8, 4) is 0 Å². The van der Waals surface area contributed by atoms with Gasteiger partial charge in [0.05, 0.1) is 25.2 Å². The van der Waals surface area contributed by atoms with Crippen LogP contribution in [0.2, 0.25) is 0 Å². The van der Waals surface area contributed by atoms with Crippen LogP contribution in [0.15, 0.2) is 85.1 Å². The van der Waals surface area contributed by atoms with Gasteiger partial charge in [0.1, 0.15) is 6.10 Å². The van der Waals surface area contributed by atoms with E-state index in [2.05, 4.69) is 56.5 Å². The number of esters is 1. The van der Waals surface area contributed by atoms with E-state index >= 15 is 0 Å². The van der Waals surface area contributed by atoms with Gasteiger partial charge in [0.15, 0.2) is 0 Å². The van der Waals surface area contributed by atoms with Crippen LogP contribution < -0.4 is 5.32 Å². The van der Waals surface area contributed by atoms with Crippen molar-refractivity contribution in [1.82, 2.24) is 5.32 Å². The predicted molar refractivity (Wildman–Crippen MR) is 245 cm³/mol. The van der Waals surface area contributed by atoms with E-state index < -0.39 is 18.2 Å². The average Bonchev–Trinajstić information content (AvgIpc) is 3.20. The Balaban J connectivity index is 4.70. The summed E-state index contributed by atoms with van der Waals surface area (Å²) in [6, 6.07) is -0.743. The molecule has 0 spiro atoms. The number of carbonyl (C=O) groups is 2. The van der Waals surface area contributed by atoms with Gasteiger partial charge in [0, 0.05) is 12.8 Å². The lowest BCUT2D eigenvalue weighted by atomic mass is 10.0. The monoisotopic (exact) mass is 794 g/mol. The summed E-state index contributed by atoms with van der Waals surface area (Å²) in [5, 5.41) is 23.6. The number of ether oxygens (including phenoxy) is 1. The summed E-state index contributed by atoms with van der Waals surface area (Å²) < 4.78 is 5.81. The maximum absolute atomic E-state index is 13.1. The number of allylic oxidation sites excluding steroid dienone is 13. The second kappa shape index (κ2) is 44.1. The molecule has 0 aromatic rings. The van der Waals surface area contributed by atoms with Crippen molar-refractivity contribution in [1.29, 1.82) is 0 Å². The van der Waals surface area contributed by atoms with E-state index in [1.54, 1.807) is 0 Å². The lowest BCUT2D eigenvalue weighted by molar-refractivity contribution is -0.150. The Hall–Kier alpha value is -2.96. The third-order valence-electron chi connectivity index (χ3n) is 10.1. The molecule has 0 aliphatic rings. The molecule has 0 radical (unpaired) electrons. The van der Waals surface area contributed by atoms with Crippen LogP contribution in [0, 0.1) is 0 Å². The van der Waals surface area contributed by atoms with E-state index in [9.17, 15) is 19.8 Å². The lowest BCUT2D eigenvalue weighted by Gasteiger charge is -2.24. The molecule has 326 valence electrons. The quantitative estimate of drug-likeness (QED) is 0.0248. The normalized spacial score (nSPS) is 14.1. The van der Waals surface area contributed by atoms with Crippen LogP contribution in [0.5, 0.6) is 0 Å². The van der Waals surface area contributed by atoms with Crippen molar-refractivity contribution in [3.05, 3.63) is 85.1 Å². The summed E-state index contributed by atoms with van der Waals surface area (Å²) in [5.41, 5.74) is 0. The molecule has 3 N–H and O–H groups in total. The standard InChI is InChI=1S/C51H87NO5/c1-4-7-10-13-16-19-22-24-26-29-32-35-38-41-44-51(56)57-47(42-39-36-33-30-27-21-18-15-12-9-6-3)45-50(55)52-48(46-53)49(54)43-40-37-34-31-28-25-23-20-17-14-11-8-5-2/h7,9-10,12,15-16,18-19,21,27,30,33,36,39,47-49,53-54H,4-6,8,11,13-14,17,20,22-26,28-29,31-32,34-35,37-38,40-46H2,1-3H3,(H,52,55)/b10-7+,12-9+,18-15+,19-16+,27-21-,33-30-,39-36+. The molecule has 0 aliphatic heterocycles. The zero-order valence-electron chi connectivity index (χ0n) is 36.9. The van der Waals surface area contributed by atoms with Gasteiger partial charge in [0.25, 0.3) is 0 Å². The van der Waals surface area contributed by atoms with Gasteiger partial charge in [-0.1, -0.05) is 221 Å². The first kappa shape index (κ1) is 54.0. The van der Waals surface area contributed by atoms with E-state index in [0.29, 0.717) is 19.3 Å². The minimum absolute atomic E-state index is 0.0254. The van der Waals surface area contributed by atoms with Gasteiger partial charge in [-0.05, 0) is 44.9 Å². The molecule has 0 rings (SSSR count). The molecule has 6 heteroatoms. The zero-order valence-corrected chi connectivity index (χ0v) is 36.9. The van der Waals surface area contributed by atoms with Crippen LogP contribution in [-0.2, 0) is 14.3 Å². The van der Waals surface area contributed by atoms with Gasteiger partial charge in [-0.25, -0.2) is 0 Å². The molecule has 0 aliphatic carbocycles. The maximum atomic E-state index is 13.1. The summed E-state index contributed by atoms with van der Waals surface area (Å²) in [6.07, 6.45) is 56.7. The molecule has 3 atom stereocenters. The largest absolute Gasteiger partial charge is 0.461 e. The fourth-order valence-corrected chi connectivity index (χ4v) is 6.61. The Kier molecular flexibility index (Phi) is 41.9. The summed E-state index contributed by atoms with van der Waals surface area (Å²) >= 11 is 0. The highest BCUT2D eigenvalue weighted by molar-refractivity contribution is 5.77. The van der Waals surface area contributed by atoms with E-state index in [0.717, 1.165) is 64.2 Å². The minimum Gasteiger partial charge on any atom is -0.461 e. The van der Waals surface area contributed by atoms with Crippen LogP contribution in [-0.4, -0.2) is 46.9 Å². The van der Waals surface area contributed by atoms with E-state index in [1.807, 2.05) is 54.7 Å². The van der Waals surface area contributed by atoms with Crippen molar-refractivity contribution in [2.24, 2.45) is 0 Å². The smallest absolute Gasteiger partial charge is 0.306 e. The fraction of sp³-hybridized carbons (Fsp3) is 0.686. The molecule has 57 heavy (non-hydrogen) atoms. The number of hydrogen-bond acceptors (Lipinski definition) is 5. The molecule has 0 saturated heterocycles. The predicted octanol–water partition coefficient (Wildman–Crippen LogP) is 13.6. The Morgan fingerprint density at radius 1 is 0.561 bits per heavy atom. The van der Waals surface area contributed by atoms with Gasteiger partial charge in [-0.2, -0.15) is 0 Å². The highest BCUT2D eigenvalue weighted by Gasteiger charge is 2.23. The topological polar surface area (TPSA) is 95.9 Å². The van der Waals surface area contributed by atoms with Crippen LogP contribution >= 0.6 is 0 Å². The molecular formula is C51H87NO5. The Bertz CT molecular complexity index is 1120. The van der Waals surface area contributed by atoms with Gasteiger partial charge in [0.2, 0.25) is 5.91 Å². The SMILES string of the molecule is CC/C=C/C=C/C=C\C=C/C=C/CC(CC(=O)NC(CO)C(O)CCCCCCCCCCCCCCC)OC(=O)CCCCCCCCC/C=C/C/C=C/CC. The first-order valence-corrected chi connectivity index (χ1v) is 23.4. The summed E-state index contributed by atoms with van der Waals surface area (Å²) in [6.45, 7) is 6.17. The molecule has 0 aromatic heterocycles. The zero-order chi connectivity index (χ0) is 41.7. The first-order chi connectivity index (χ1) is 28.0. The van der Waals surface area contributed by atoms with Crippen molar-refractivity contribution >= 4 is 11.9 Å². The third kappa shape index (κ3) is 39.6. The molecule has 0 aromatic carbocycles. The van der Waals surface area contributed by atoms with E-state index in [1.165, 1.54) is 89.9 Å². The van der Waals surface area contributed by atoms with Crippen molar-refractivity contribution in [2.45, 2.75) is 219 Å². The molecule has 3 unspecified atom stereocenters. The van der Waals surface area contributed by atoms with Crippen LogP contribution in [0.4, 0.5) is 0 Å². The summed E-state index contributed by atoms with van der Waals surface area (Å²) in [4.78, 5) is 25.9. The van der Waals surface area contributed by atoms with Crippen LogP contribution in [0.25, 0.3) is 0 Å². The Morgan fingerprint density at radius 2 is 1.05 bits per heavy atom. The van der Waals surface area contributed by atoms with Gasteiger partial charge < -0.3 is 20.3 Å². The van der Waals surface area contributed by atoms with Gasteiger partial charge in [-0.3, -0.25) is 9.59 Å². The molecule has 0 bridgehead atoms. The van der Waals surface area contributed by atoms with Crippen LogP contribution in [0.3, 0.4) is 0 Å². The molecule has 0 saturated carbocycles. The number of nitrogens with one attached hydrogen (secondary N) is 1. The fourth-order valence-electron chi connectivity index (χ4n) is 6.61. The number of aliphatic hydroxyl groups excluding tert-OH is 2. The number of carbonyl (C=O) groups excluding carboxylic acids is 2. The number of hydrogen-bond donors (Lipinski definition) is 3. The number of rotatable bonds is 40. The van der Waals surface area contributed by atoms with Crippen LogP contribution in [0.1, 0.15) is 201 Å².